The molecule has 4 rings (SSSR count). The van der Waals surface area contributed by atoms with Gasteiger partial charge in [-0.2, -0.15) is 13.2 Å². The quantitative estimate of drug-likeness (QED) is 0.594. The zero-order valence-corrected chi connectivity index (χ0v) is 13.0. The number of rotatable bonds is 3. The van der Waals surface area contributed by atoms with Crippen LogP contribution in [0.2, 0.25) is 0 Å². The number of hydrogen-bond acceptors (Lipinski definition) is 5. The Morgan fingerprint density at radius 3 is 2.46 bits per heavy atom. The summed E-state index contributed by atoms with van der Waals surface area (Å²) in [6.45, 7) is 0. The third-order valence-corrected chi connectivity index (χ3v) is 3.66. The lowest BCUT2D eigenvalue weighted by Gasteiger charge is -2.10. The van der Waals surface area contributed by atoms with Crippen molar-refractivity contribution < 1.29 is 17.9 Å². The lowest BCUT2D eigenvalue weighted by Crippen LogP contribution is -2.04. The smallest absolute Gasteiger partial charge is 0.416 e. The largest absolute Gasteiger partial charge is 0.437 e. The highest BCUT2D eigenvalue weighted by Gasteiger charge is 2.30. The number of alkyl halides is 3. The lowest BCUT2D eigenvalue weighted by molar-refractivity contribution is -0.137. The van der Waals surface area contributed by atoms with Gasteiger partial charge >= 0.3 is 6.18 Å². The van der Waals surface area contributed by atoms with Crippen molar-refractivity contribution in [2.45, 2.75) is 6.18 Å². The van der Waals surface area contributed by atoms with Gasteiger partial charge in [0, 0.05) is 18.0 Å². The number of halogens is 3. The predicted octanol–water partition coefficient (Wildman–Crippen LogP) is 4.23. The monoisotopic (exact) mass is 357 g/mol. The molecule has 0 fully saturated rings. The van der Waals surface area contributed by atoms with Gasteiger partial charge in [0.05, 0.1) is 11.1 Å². The number of ether oxygens (including phenoxy) is 1. The van der Waals surface area contributed by atoms with Crippen LogP contribution in [0.4, 0.5) is 13.2 Å². The summed E-state index contributed by atoms with van der Waals surface area (Å²) < 4.78 is 43.6. The number of aromatic amines is 1. The minimum atomic E-state index is -4.40. The van der Waals surface area contributed by atoms with Gasteiger partial charge in [-0.05, 0) is 36.4 Å². The van der Waals surface area contributed by atoms with E-state index in [1.54, 1.807) is 18.2 Å². The van der Waals surface area contributed by atoms with Gasteiger partial charge in [0.1, 0.15) is 17.0 Å². The minimum absolute atomic E-state index is 0.176. The van der Waals surface area contributed by atoms with E-state index in [0.29, 0.717) is 16.8 Å². The van der Waals surface area contributed by atoms with Crippen molar-refractivity contribution >= 4 is 11.0 Å². The standard InChI is InChI=1S/C17H10F3N5O/c18-17(19,20)11-2-4-12(5-3-11)26-16-15(21-7-8-22-16)10-1-6-13-14(9-10)24-25-23-13/h1-9H,(H,23,24,25). The van der Waals surface area contributed by atoms with E-state index in [9.17, 15) is 13.2 Å². The summed E-state index contributed by atoms with van der Waals surface area (Å²) in [6, 6.07) is 9.74. The fraction of sp³-hybridized carbons (Fsp3) is 0.0588. The van der Waals surface area contributed by atoms with Gasteiger partial charge < -0.3 is 4.74 Å². The highest BCUT2D eigenvalue weighted by molar-refractivity contribution is 5.81. The van der Waals surface area contributed by atoms with Gasteiger partial charge in [0.25, 0.3) is 0 Å². The Labute approximate surface area is 144 Å². The van der Waals surface area contributed by atoms with Crippen LogP contribution >= 0.6 is 0 Å². The molecule has 0 atom stereocenters. The van der Waals surface area contributed by atoms with Crippen molar-refractivity contribution in [1.82, 2.24) is 25.4 Å². The summed E-state index contributed by atoms with van der Waals surface area (Å²) in [6.07, 6.45) is -1.46. The molecule has 0 aliphatic rings. The average Bonchev–Trinajstić information content (AvgIpc) is 3.09. The second kappa shape index (κ2) is 6.10. The number of H-pyrrole nitrogens is 1. The van der Waals surface area contributed by atoms with Crippen LogP contribution in [0, 0.1) is 0 Å². The van der Waals surface area contributed by atoms with E-state index < -0.39 is 11.7 Å². The number of fused-ring (bicyclic) bond motifs is 1. The average molecular weight is 357 g/mol. The molecule has 0 saturated carbocycles. The summed E-state index contributed by atoms with van der Waals surface area (Å²) >= 11 is 0. The second-order valence-electron chi connectivity index (χ2n) is 5.38. The van der Waals surface area contributed by atoms with Gasteiger partial charge in [-0.25, -0.2) is 9.97 Å². The first-order chi connectivity index (χ1) is 12.5. The molecule has 0 aliphatic carbocycles. The van der Waals surface area contributed by atoms with Gasteiger partial charge in [-0.3, -0.25) is 5.10 Å². The topological polar surface area (TPSA) is 76.6 Å². The van der Waals surface area contributed by atoms with Gasteiger partial charge in [-0.1, -0.05) is 11.3 Å². The van der Waals surface area contributed by atoms with Crippen molar-refractivity contribution in [3.63, 3.8) is 0 Å². The van der Waals surface area contributed by atoms with Crippen molar-refractivity contribution in [1.29, 1.82) is 0 Å². The Kier molecular flexibility index (Phi) is 3.76. The van der Waals surface area contributed by atoms with Crippen LogP contribution in [-0.4, -0.2) is 25.4 Å². The maximum atomic E-state index is 12.7. The molecular weight excluding hydrogens is 347 g/mol. The first-order valence-electron chi connectivity index (χ1n) is 7.48. The molecule has 2 heterocycles. The highest BCUT2D eigenvalue weighted by Crippen LogP contribution is 2.33. The zero-order valence-electron chi connectivity index (χ0n) is 13.0. The molecular formula is C17H10F3N5O. The van der Waals surface area contributed by atoms with Crippen molar-refractivity contribution in [2.75, 3.05) is 0 Å². The lowest BCUT2D eigenvalue weighted by atomic mass is 10.1. The van der Waals surface area contributed by atoms with E-state index in [1.165, 1.54) is 24.5 Å². The Morgan fingerprint density at radius 1 is 0.923 bits per heavy atom. The van der Waals surface area contributed by atoms with Gasteiger partial charge in [0.15, 0.2) is 0 Å². The summed E-state index contributed by atoms with van der Waals surface area (Å²) in [4.78, 5) is 8.41. The van der Waals surface area contributed by atoms with E-state index >= 15 is 0 Å². The molecule has 6 nitrogen and oxygen atoms in total. The van der Waals surface area contributed by atoms with Crippen LogP contribution in [-0.2, 0) is 6.18 Å². The van der Waals surface area contributed by atoms with Crippen LogP contribution in [0.3, 0.4) is 0 Å². The van der Waals surface area contributed by atoms with Crippen LogP contribution in [0.1, 0.15) is 5.56 Å². The van der Waals surface area contributed by atoms with E-state index in [4.69, 9.17) is 4.74 Å². The summed E-state index contributed by atoms with van der Waals surface area (Å²) in [7, 11) is 0. The van der Waals surface area contributed by atoms with Crippen LogP contribution in [0.25, 0.3) is 22.3 Å². The molecule has 130 valence electrons. The number of nitrogens with one attached hydrogen (secondary N) is 1. The zero-order chi connectivity index (χ0) is 18.1. The SMILES string of the molecule is FC(F)(F)c1ccc(Oc2nccnc2-c2ccc3[nH]nnc3c2)cc1. The van der Waals surface area contributed by atoms with Crippen LogP contribution in [0.15, 0.2) is 54.9 Å². The molecule has 0 amide bonds. The maximum absolute atomic E-state index is 12.7. The number of benzene rings is 2. The Bertz CT molecular complexity index is 1060. The fourth-order valence-corrected chi connectivity index (χ4v) is 2.41. The number of hydrogen-bond donors (Lipinski definition) is 1. The molecule has 0 aliphatic heterocycles. The van der Waals surface area contributed by atoms with E-state index in [1.807, 2.05) is 0 Å². The number of nitrogens with zero attached hydrogens (tertiary/aromatic N) is 4. The molecule has 1 N–H and O–H groups in total. The van der Waals surface area contributed by atoms with Crippen LogP contribution in [0.5, 0.6) is 11.6 Å². The molecule has 2 aromatic heterocycles. The Balaban J connectivity index is 1.67. The van der Waals surface area contributed by atoms with E-state index in [2.05, 4.69) is 25.4 Å². The first-order valence-corrected chi connectivity index (χ1v) is 7.48. The number of aromatic nitrogens is 5. The molecule has 4 aromatic rings. The molecule has 9 heteroatoms. The molecule has 0 saturated heterocycles. The first kappa shape index (κ1) is 16.0. The van der Waals surface area contributed by atoms with Crippen molar-refractivity contribution in [3.05, 3.63) is 60.4 Å². The third kappa shape index (κ3) is 3.06. The van der Waals surface area contributed by atoms with E-state index in [-0.39, 0.29) is 11.6 Å². The van der Waals surface area contributed by atoms with Crippen molar-refractivity contribution in [3.8, 4) is 22.9 Å². The Morgan fingerprint density at radius 2 is 1.69 bits per heavy atom. The second-order valence-corrected chi connectivity index (χ2v) is 5.38. The summed E-state index contributed by atoms with van der Waals surface area (Å²) in [5, 5.41) is 10.4. The minimum Gasteiger partial charge on any atom is -0.437 e. The summed E-state index contributed by atoms with van der Waals surface area (Å²) in [5.41, 5.74) is 1.80. The molecule has 0 unspecified atom stereocenters. The molecule has 0 bridgehead atoms. The van der Waals surface area contributed by atoms with E-state index in [0.717, 1.165) is 17.6 Å². The fourth-order valence-electron chi connectivity index (χ4n) is 2.41. The molecule has 26 heavy (non-hydrogen) atoms. The predicted molar refractivity (Wildman–Crippen MR) is 86.4 cm³/mol. The normalized spacial score (nSPS) is 11.7. The van der Waals surface area contributed by atoms with Gasteiger partial charge in [0.2, 0.25) is 5.88 Å². The highest BCUT2D eigenvalue weighted by atomic mass is 19.4. The maximum Gasteiger partial charge on any atom is 0.416 e. The Hall–Kier alpha value is -3.49. The third-order valence-electron chi connectivity index (χ3n) is 3.66. The molecule has 0 spiro atoms. The van der Waals surface area contributed by atoms with Gasteiger partial charge in [-0.15, -0.1) is 5.10 Å². The van der Waals surface area contributed by atoms with Crippen molar-refractivity contribution in [2.24, 2.45) is 0 Å². The summed E-state index contributed by atoms with van der Waals surface area (Å²) in [5.74, 6) is 0.400. The van der Waals surface area contributed by atoms with Crippen LogP contribution < -0.4 is 4.74 Å². The molecule has 0 radical (unpaired) electrons. The molecule has 2 aromatic carbocycles.